The van der Waals surface area contributed by atoms with Crippen LogP contribution in [0.4, 0.5) is 0 Å². The van der Waals surface area contributed by atoms with E-state index in [1.807, 2.05) is 73.6 Å². The van der Waals surface area contributed by atoms with Crippen molar-refractivity contribution in [3.05, 3.63) is 23.8 Å². The first-order valence-corrected chi connectivity index (χ1v) is 10.1. The molecule has 2 atom stereocenters. The van der Waals surface area contributed by atoms with Gasteiger partial charge in [-0.05, 0) is 66.9 Å². The molecular weight excluding hydrogens is 381 g/mol. The summed E-state index contributed by atoms with van der Waals surface area (Å²) in [5.41, 5.74) is 1.09. The van der Waals surface area contributed by atoms with E-state index in [4.69, 9.17) is 14.0 Å². The van der Waals surface area contributed by atoms with Crippen LogP contribution in [0.25, 0.3) is 0 Å². The third-order valence-electron chi connectivity index (χ3n) is 5.09. The first kappa shape index (κ1) is 24.5. The fourth-order valence-corrected chi connectivity index (χ4v) is 3.41. The highest BCUT2D eigenvalue weighted by molar-refractivity contribution is 7.84. The van der Waals surface area contributed by atoms with Gasteiger partial charge in [-0.3, -0.25) is 0 Å². The summed E-state index contributed by atoms with van der Waals surface area (Å²) < 4.78 is 33.0. The van der Waals surface area contributed by atoms with Gasteiger partial charge in [-0.15, -0.1) is 0 Å². The third kappa shape index (κ3) is 5.29. The van der Waals surface area contributed by atoms with Gasteiger partial charge in [0.15, 0.2) is 0 Å². The Labute approximate surface area is 174 Å². The second kappa shape index (κ2) is 8.45. The molecule has 1 aromatic carbocycles. The molecule has 1 fully saturated rings. The summed E-state index contributed by atoms with van der Waals surface area (Å²) in [4.78, 5) is 0. The molecule has 0 aliphatic carbocycles. The van der Waals surface area contributed by atoms with Crippen LogP contribution in [0.2, 0.25) is 0 Å². The number of methoxy groups -OCH3 is 1. The number of ether oxygens (including phenoxy) is 1. The van der Waals surface area contributed by atoms with Crippen LogP contribution in [0, 0.1) is 0 Å². The highest BCUT2D eigenvalue weighted by Crippen LogP contribution is 2.37. The van der Waals surface area contributed by atoms with E-state index in [1.165, 1.54) is 0 Å². The van der Waals surface area contributed by atoms with Crippen LogP contribution in [0.3, 0.4) is 0 Å². The molecule has 0 radical (unpaired) electrons. The molecule has 1 aliphatic heterocycles. The summed E-state index contributed by atoms with van der Waals surface area (Å²) in [5.74, 6) is 0.725. The summed E-state index contributed by atoms with van der Waals surface area (Å²) in [6.07, 6.45) is 0. The minimum Gasteiger partial charge on any atom is -0.496 e. The summed E-state index contributed by atoms with van der Waals surface area (Å²) in [6.45, 7) is 16.0. The lowest BCUT2D eigenvalue weighted by molar-refractivity contribution is 0.00578. The zero-order valence-electron chi connectivity index (χ0n) is 17.9. The Balaban J connectivity index is 0.00000364. The van der Waals surface area contributed by atoms with Gasteiger partial charge in [0.1, 0.15) is 5.75 Å². The third-order valence-corrected chi connectivity index (χ3v) is 6.77. The zero-order chi connectivity index (χ0) is 19.9. The second-order valence-electron chi connectivity index (χ2n) is 8.81. The SMILES string of the molecule is COc1cc(B2OC(C)(C)C(C)(C)O2)ccc1[C@H](C)N[S@](=O)C(C)(C)C.S. The van der Waals surface area contributed by atoms with Gasteiger partial charge in [0.05, 0.1) is 34.0 Å². The van der Waals surface area contributed by atoms with Gasteiger partial charge in [0.2, 0.25) is 0 Å². The van der Waals surface area contributed by atoms with Crippen LogP contribution in [-0.2, 0) is 20.3 Å². The average molecular weight is 415 g/mol. The molecule has 1 aromatic rings. The van der Waals surface area contributed by atoms with Crippen molar-refractivity contribution < 1.29 is 18.3 Å². The van der Waals surface area contributed by atoms with Crippen LogP contribution < -0.4 is 14.9 Å². The Bertz CT molecular complexity index is 673. The van der Waals surface area contributed by atoms with E-state index in [0.29, 0.717) is 0 Å². The normalized spacial score (nSPS) is 20.7. The van der Waals surface area contributed by atoms with Gasteiger partial charge < -0.3 is 14.0 Å². The Hall–Kier alpha value is -0.535. The largest absolute Gasteiger partial charge is 0.496 e. The quantitative estimate of drug-likeness (QED) is 0.751. The van der Waals surface area contributed by atoms with E-state index in [-0.39, 0.29) is 35.5 Å². The zero-order valence-corrected chi connectivity index (χ0v) is 19.7. The van der Waals surface area contributed by atoms with Crippen molar-refractivity contribution >= 4 is 37.1 Å². The van der Waals surface area contributed by atoms with Gasteiger partial charge in [-0.2, -0.15) is 13.5 Å². The van der Waals surface area contributed by atoms with Crippen LogP contribution in [0.5, 0.6) is 5.75 Å². The lowest BCUT2D eigenvalue weighted by Crippen LogP contribution is -2.41. The minimum atomic E-state index is -1.16. The molecule has 154 valence electrons. The minimum absolute atomic E-state index is 0. The van der Waals surface area contributed by atoms with E-state index >= 15 is 0 Å². The Morgan fingerprint density at radius 2 is 1.67 bits per heavy atom. The molecular formula is C19H34BNO4S2. The molecule has 5 nitrogen and oxygen atoms in total. The number of hydrogen-bond acceptors (Lipinski definition) is 4. The molecule has 0 amide bonds. The van der Waals surface area contributed by atoms with Crippen molar-refractivity contribution in [1.82, 2.24) is 4.72 Å². The molecule has 1 aliphatic rings. The molecule has 0 saturated carbocycles. The van der Waals surface area contributed by atoms with Crippen LogP contribution >= 0.6 is 13.5 Å². The number of hydrogen-bond donors (Lipinski definition) is 1. The topological polar surface area (TPSA) is 56.8 Å². The van der Waals surface area contributed by atoms with Crippen molar-refractivity contribution in [3.8, 4) is 5.75 Å². The van der Waals surface area contributed by atoms with Crippen LogP contribution in [0.15, 0.2) is 18.2 Å². The predicted molar refractivity (Wildman–Crippen MR) is 119 cm³/mol. The Morgan fingerprint density at radius 3 is 2.11 bits per heavy atom. The van der Waals surface area contributed by atoms with Gasteiger partial charge in [-0.25, -0.2) is 8.93 Å². The fourth-order valence-electron chi connectivity index (χ4n) is 2.61. The molecule has 2 rings (SSSR count). The molecule has 0 aromatic heterocycles. The highest BCUT2D eigenvalue weighted by Gasteiger charge is 2.51. The predicted octanol–water partition coefficient (Wildman–Crippen LogP) is 3.22. The molecule has 8 heteroatoms. The van der Waals surface area contributed by atoms with Crippen LogP contribution in [-0.4, -0.2) is 34.4 Å². The van der Waals surface area contributed by atoms with Crippen molar-refractivity contribution in [3.63, 3.8) is 0 Å². The molecule has 0 bridgehead atoms. The van der Waals surface area contributed by atoms with E-state index in [9.17, 15) is 4.21 Å². The summed E-state index contributed by atoms with van der Waals surface area (Å²) in [5, 5.41) is 0. The first-order valence-electron chi connectivity index (χ1n) is 9.00. The first-order chi connectivity index (χ1) is 11.8. The van der Waals surface area contributed by atoms with Crippen LogP contribution in [0.1, 0.15) is 67.0 Å². The molecule has 1 N–H and O–H groups in total. The van der Waals surface area contributed by atoms with Crippen molar-refractivity contribution in [1.29, 1.82) is 0 Å². The number of benzene rings is 1. The average Bonchev–Trinajstić information content (AvgIpc) is 2.73. The number of nitrogens with one attached hydrogen (secondary N) is 1. The fraction of sp³-hybridized carbons (Fsp3) is 0.684. The molecule has 1 heterocycles. The maximum atomic E-state index is 12.4. The Morgan fingerprint density at radius 1 is 1.15 bits per heavy atom. The summed E-state index contributed by atoms with van der Waals surface area (Å²) in [6, 6.07) is 5.79. The highest BCUT2D eigenvalue weighted by atomic mass is 32.2. The van der Waals surface area contributed by atoms with Gasteiger partial charge in [0, 0.05) is 11.6 Å². The monoisotopic (exact) mass is 415 g/mol. The van der Waals surface area contributed by atoms with E-state index in [2.05, 4.69) is 4.72 Å². The summed E-state index contributed by atoms with van der Waals surface area (Å²) in [7, 11) is 0.0428. The van der Waals surface area contributed by atoms with Crippen molar-refractivity contribution in [2.24, 2.45) is 0 Å². The molecule has 0 unspecified atom stereocenters. The maximum absolute atomic E-state index is 12.4. The maximum Gasteiger partial charge on any atom is 0.494 e. The molecule has 1 saturated heterocycles. The van der Waals surface area contributed by atoms with E-state index < -0.39 is 18.1 Å². The molecule has 0 spiro atoms. The van der Waals surface area contributed by atoms with E-state index in [1.54, 1.807) is 7.11 Å². The second-order valence-corrected chi connectivity index (χ2v) is 10.8. The molecule has 27 heavy (non-hydrogen) atoms. The lowest BCUT2D eigenvalue weighted by atomic mass is 9.78. The summed E-state index contributed by atoms with van der Waals surface area (Å²) >= 11 is 0. The van der Waals surface area contributed by atoms with Crippen molar-refractivity contribution in [2.75, 3.05) is 7.11 Å². The van der Waals surface area contributed by atoms with E-state index in [0.717, 1.165) is 16.8 Å². The lowest BCUT2D eigenvalue weighted by Gasteiger charge is -2.32. The van der Waals surface area contributed by atoms with Gasteiger partial charge in [-0.1, -0.05) is 12.1 Å². The smallest absolute Gasteiger partial charge is 0.494 e. The standard InChI is InChI=1S/C19H32BNO4S.H2S/c1-13(21-26(22)17(2,3)4)15-11-10-14(12-16(15)23-9)20-24-18(5,6)19(7,8)25-20;/h10-13,21H,1-9H3;1H2/t13-,26+;/m0./s1. The van der Waals surface area contributed by atoms with Crippen molar-refractivity contribution in [2.45, 2.75) is 77.4 Å². The van der Waals surface area contributed by atoms with Gasteiger partial charge in [0.25, 0.3) is 0 Å². The number of rotatable bonds is 5. The van der Waals surface area contributed by atoms with Gasteiger partial charge >= 0.3 is 7.12 Å². The Kier molecular flexibility index (Phi) is 7.67.